The van der Waals surface area contributed by atoms with Crippen molar-refractivity contribution in [3.63, 3.8) is 0 Å². The third kappa shape index (κ3) is 20.4. The van der Waals surface area contributed by atoms with Crippen molar-refractivity contribution in [1.82, 2.24) is 0 Å². The average molecular weight is 2010 g/mol. The van der Waals surface area contributed by atoms with Gasteiger partial charge in [-0.15, -0.1) is 6.58 Å². The Bertz CT molecular complexity index is 4170. The highest BCUT2D eigenvalue weighted by molar-refractivity contribution is 5.98. The van der Waals surface area contributed by atoms with Crippen LogP contribution < -0.4 is 0 Å². The highest BCUT2D eigenvalue weighted by Crippen LogP contribution is 2.77. The molecule has 54 atom stereocenters. The minimum Gasteiger partial charge on any atom is -0.432 e. The molecule has 47 heteroatoms. The Morgan fingerprint density at radius 3 is 1.47 bits per heavy atom. The Labute approximate surface area is 802 Å². The van der Waals surface area contributed by atoms with Gasteiger partial charge in [0.1, 0.15) is 189 Å². The zero-order valence-electron chi connectivity index (χ0n) is 79.5. The molecule has 13 fully saturated rings. The zero-order valence-corrected chi connectivity index (χ0v) is 79.5. The van der Waals surface area contributed by atoms with Crippen LogP contribution in [0.5, 0.6) is 0 Å². The summed E-state index contributed by atoms with van der Waals surface area (Å²) in [4.78, 5) is 32.9. The average Bonchev–Trinajstić information content (AvgIpc) is 1.20. The van der Waals surface area contributed by atoms with Crippen LogP contribution in [-0.4, -0.2) is 478 Å². The number of carbonyl (C=O) groups excluding carboxylic acids is 2. The molecule has 798 valence electrons. The molecule has 5 aliphatic carbocycles. The summed E-state index contributed by atoms with van der Waals surface area (Å²) in [6.07, 6.45) is -74.3. The SMILES string of the molecule is C=C[C@](C)(CC/C=C(\CO)C(=O)[C@H]1C[C@]2(C(=O)O[C@@H]3O[C@H](CO)[C@@H](O)[C@H](O)[C@H]3O[C@@H]3O[C@@H](C)[C@H](O[C@@H]4O[C@@H](CO)[C@H](O)[C@H]4O)[C@@H](O[C@@H]4O[C@H](CO)[C@@H](O)[C@H](O)[C@H]4O)[C@H]3O)[C@H](O)C[C@]3(C)C(=CC[C@@H]4[C@@]5(C)CC[C@H](O[C@@H]6O[C@H](CO[C@@H]7O[C@H](C)[C@H](O)[C@H](O)[C@H]7O[C@@H]7OC[C@@H](O)[C@H](O)[C@H]7O)[C@@H](O)[C@H](O)[C@H]6O[C@@H]6O[C@H](CO)[C@@H](O)[C@H](O)[C@H]6O)C(C)(C)[C@@H]5CC[C@]43C)[C@@H]2CC1(C)C)O[C@@H]1O[C@H](C)[C@@H](O)[C@H](O)[C@H]1O. The van der Waals surface area contributed by atoms with Crippen molar-refractivity contribution in [1.29, 1.82) is 0 Å². The molecule has 0 aromatic rings. The van der Waals surface area contributed by atoms with Gasteiger partial charge in [-0.25, -0.2) is 0 Å². The van der Waals surface area contributed by atoms with E-state index < -0.39 is 391 Å². The minimum atomic E-state index is -2.30. The van der Waals surface area contributed by atoms with Gasteiger partial charge in [0.05, 0.1) is 82.4 Å². The first-order valence-electron chi connectivity index (χ1n) is 48.1. The van der Waals surface area contributed by atoms with Crippen LogP contribution >= 0.6 is 0 Å². The summed E-state index contributed by atoms with van der Waals surface area (Å²) in [7, 11) is 0. The van der Waals surface area contributed by atoms with E-state index in [1.54, 1.807) is 20.8 Å². The molecule has 4 saturated carbocycles. The number of esters is 1. The Balaban J connectivity index is 0.778. The molecule has 27 N–H and O–H groups in total. The molecule has 0 aromatic carbocycles. The Morgan fingerprint density at radius 2 is 0.906 bits per heavy atom. The highest BCUT2D eigenvalue weighted by Gasteiger charge is 2.74. The van der Waals surface area contributed by atoms with Crippen molar-refractivity contribution in [3.05, 3.63) is 36.0 Å². The standard InChI is InChI=1S/C92H148O47/c1-13-88(9,139-81-69(119)59(109)50(100)33(2)124-81)20-14-15-36(26-93)52(102)39-24-92(85(121)138-84-75(63(113)56(106)43(29-96)130-84)137-80-70(120)72(134-78-67(117)60(110)54(104)41(27-94)127-78)71(35(4)126-80)133-77-66(116)57(107)44(30-97)129-77)38(23-86(39,5)6)37-16-17-47-89(10)21-19-49(87(7,8)46(89)18-22-90(47,11)91(37,12)25-48(92)99)132-83-74(136-79-68(118)61(111)55(105)42(28-95)128-79)64(114)58(108)45(131-83)32-123-82-73(62(112)51(101)34(3)125-82)135-76-65(115)53(103)40(98)31-122-76/h13,15-16,33-35,38-51,53-84,93-101,103-120H,1,14,17-32H2,2-12H3/b36-15+/t33-,34-,35+,38+,39-,40-,41-,42-,43-,44+,45-,46+,47-,48-,49+,50-,51+,53+,54-,55-,56-,57+,58-,59+,60+,61+,62+,63+,64+,65-,66-,67-,68-,69-,70-,71+,72+,73-,74-,75-,76+,77+,78+,79+,80+,81+,82-,83+,84+,88-,89+,90-,91-,92-/m1/s1. The van der Waals surface area contributed by atoms with E-state index >= 15 is 9.59 Å². The summed E-state index contributed by atoms with van der Waals surface area (Å²) in [5.74, 6) is -4.87. The normalized spacial score (nSPS) is 52.1. The van der Waals surface area contributed by atoms with Crippen LogP contribution in [0.25, 0.3) is 0 Å². The quantitative estimate of drug-likeness (QED) is 0.0137. The predicted octanol–water partition coefficient (Wildman–Crippen LogP) is -9.15. The first-order chi connectivity index (χ1) is 65.2. The number of hydrogen-bond donors (Lipinski definition) is 27. The number of ether oxygens (including phenoxy) is 18. The van der Waals surface area contributed by atoms with Crippen LogP contribution in [0, 0.1) is 56.2 Å². The van der Waals surface area contributed by atoms with Gasteiger partial charge in [0.15, 0.2) is 62.2 Å². The lowest BCUT2D eigenvalue weighted by Crippen LogP contribution is -2.69. The molecule has 0 radical (unpaired) electrons. The second-order valence-electron chi connectivity index (χ2n) is 42.9. The van der Waals surface area contributed by atoms with E-state index in [0.29, 0.717) is 31.3 Å². The van der Waals surface area contributed by atoms with Gasteiger partial charge < -0.3 is 223 Å². The van der Waals surface area contributed by atoms with Crippen molar-refractivity contribution < 1.29 is 233 Å². The minimum absolute atomic E-state index is 0.0118. The highest BCUT2D eigenvalue weighted by atomic mass is 16.8. The van der Waals surface area contributed by atoms with Gasteiger partial charge in [-0.2, -0.15) is 0 Å². The van der Waals surface area contributed by atoms with E-state index in [4.69, 9.17) is 85.3 Å². The maximum Gasteiger partial charge on any atom is 0.317 e. The Morgan fingerprint density at radius 1 is 0.453 bits per heavy atom. The maximum atomic E-state index is 16.9. The Hall–Kier alpha value is -3.40. The fraction of sp³-hybridized carbons (Fsp3) is 0.913. The van der Waals surface area contributed by atoms with Crippen molar-refractivity contribution in [3.8, 4) is 0 Å². The lowest BCUT2D eigenvalue weighted by Gasteiger charge is -2.72. The maximum absolute atomic E-state index is 16.9. The number of rotatable bonds is 30. The lowest BCUT2D eigenvalue weighted by molar-refractivity contribution is -0.390. The van der Waals surface area contributed by atoms with Crippen molar-refractivity contribution in [2.24, 2.45) is 56.2 Å². The summed E-state index contributed by atoms with van der Waals surface area (Å²) in [6.45, 7) is 17.8. The molecule has 9 aliphatic heterocycles. The molecule has 139 heavy (non-hydrogen) atoms. The summed E-state index contributed by atoms with van der Waals surface area (Å²) < 4.78 is 110. The van der Waals surface area contributed by atoms with Crippen molar-refractivity contribution in [2.45, 2.75) is 422 Å². The van der Waals surface area contributed by atoms with Gasteiger partial charge >= 0.3 is 5.97 Å². The molecule has 9 saturated heterocycles. The van der Waals surface area contributed by atoms with E-state index in [0.717, 1.165) is 0 Å². The van der Waals surface area contributed by atoms with Gasteiger partial charge in [-0.05, 0) is 137 Å². The topological polar surface area (TPSA) is 746 Å². The smallest absolute Gasteiger partial charge is 0.317 e. The number of fused-ring (bicyclic) bond motifs is 7. The first-order valence-corrected chi connectivity index (χ1v) is 48.1. The largest absolute Gasteiger partial charge is 0.432 e. The van der Waals surface area contributed by atoms with E-state index in [-0.39, 0.29) is 49.5 Å². The number of ketones is 1. The Kier molecular flexibility index (Phi) is 34.6. The molecule has 0 amide bonds. The van der Waals surface area contributed by atoms with Gasteiger partial charge in [-0.3, -0.25) is 9.59 Å². The van der Waals surface area contributed by atoms with Crippen LogP contribution in [0.3, 0.4) is 0 Å². The first kappa shape index (κ1) is 111. The predicted molar refractivity (Wildman–Crippen MR) is 460 cm³/mol. The number of carbonyl (C=O) groups is 2. The summed E-state index contributed by atoms with van der Waals surface area (Å²) in [5.41, 5.74) is -7.70. The van der Waals surface area contributed by atoms with E-state index in [9.17, 15) is 138 Å². The third-order valence-corrected chi connectivity index (χ3v) is 33.8. The fourth-order valence-corrected chi connectivity index (χ4v) is 24.9. The molecule has 0 spiro atoms. The van der Waals surface area contributed by atoms with Crippen LogP contribution in [0.4, 0.5) is 0 Å². The summed E-state index contributed by atoms with van der Waals surface area (Å²) in [6, 6.07) is 0. The van der Waals surface area contributed by atoms with Crippen LogP contribution in [0.1, 0.15) is 140 Å². The van der Waals surface area contributed by atoms with E-state index in [1.165, 1.54) is 32.9 Å². The van der Waals surface area contributed by atoms with Crippen molar-refractivity contribution in [2.75, 3.05) is 46.2 Å². The fourth-order valence-electron chi connectivity index (χ4n) is 24.9. The molecule has 47 nitrogen and oxygen atoms in total. The van der Waals surface area contributed by atoms with Crippen molar-refractivity contribution >= 4 is 11.8 Å². The monoisotopic (exact) mass is 2000 g/mol. The number of aliphatic hydroxyl groups is 27. The molecule has 0 bridgehead atoms. The van der Waals surface area contributed by atoms with Crippen LogP contribution in [0.15, 0.2) is 36.0 Å². The van der Waals surface area contributed by atoms with Gasteiger partial charge in [-0.1, -0.05) is 72.3 Å². The second-order valence-corrected chi connectivity index (χ2v) is 42.9. The van der Waals surface area contributed by atoms with E-state index in [1.807, 2.05) is 20.8 Å². The lowest BCUT2D eigenvalue weighted by atomic mass is 9.33. The zero-order chi connectivity index (χ0) is 102. The third-order valence-electron chi connectivity index (χ3n) is 33.8. The van der Waals surface area contributed by atoms with Gasteiger partial charge in [0, 0.05) is 11.5 Å². The summed E-state index contributed by atoms with van der Waals surface area (Å²) in [5, 5.41) is 302. The second kappa shape index (κ2) is 43.3. The van der Waals surface area contributed by atoms with E-state index in [2.05, 4.69) is 26.5 Å². The molecular weight excluding hydrogens is 1860 g/mol. The number of allylic oxidation sites excluding steroid dienone is 3. The van der Waals surface area contributed by atoms with Crippen LogP contribution in [0.2, 0.25) is 0 Å². The molecule has 9 heterocycles. The van der Waals surface area contributed by atoms with Crippen LogP contribution in [-0.2, 0) is 94.9 Å². The van der Waals surface area contributed by atoms with Gasteiger partial charge in [0.2, 0.25) is 6.29 Å². The molecular formula is C92H148O47. The number of Topliss-reactive ketones (excluding diaryl/α,β-unsaturated/α-hetero) is 1. The summed E-state index contributed by atoms with van der Waals surface area (Å²) >= 11 is 0. The molecule has 0 unspecified atom stereocenters. The van der Waals surface area contributed by atoms with Gasteiger partial charge in [0.25, 0.3) is 0 Å². The number of hydrogen-bond acceptors (Lipinski definition) is 47. The molecule has 14 aliphatic rings. The molecule has 14 rings (SSSR count). The number of aliphatic hydroxyl groups excluding tert-OH is 27. The molecule has 0 aromatic heterocycles.